The summed E-state index contributed by atoms with van der Waals surface area (Å²) < 4.78 is 11.0. The van der Waals surface area contributed by atoms with E-state index in [0.717, 1.165) is 11.1 Å². The van der Waals surface area contributed by atoms with Crippen LogP contribution in [0.2, 0.25) is 0 Å². The van der Waals surface area contributed by atoms with Crippen LogP contribution in [0.1, 0.15) is 56.7 Å². The molecule has 14 nitrogen and oxygen atoms in total. The molecule has 6 N–H and O–H groups in total. The zero-order chi connectivity index (χ0) is 33.9. The lowest BCUT2D eigenvalue weighted by Crippen LogP contribution is -2.59. The minimum atomic E-state index is -2.39. The fraction of sp³-hybridized carbons (Fsp3) is 0.438. The molecule has 2 heterocycles. The molecule has 46 heavy (non-hydrogen) atoms. The zero-order valence-electron chi connectivity index (χ0n) is 26.5. The summed E-state index contributed by atoms with van der Waals surface area (Å²) in [5, 5.41) is 31.3. The Morgan fingerprint density at radius 2 is 1.61 bits per heavy atom. The first-order valence-electron chi connectivity index (χ1n) is 14.9. The van der Waals surface area contributed by atoms with Gasteiger partial charge in [0.2, 0.25) is 23.6 Å². The van der Waals surface area contributed by atoms with Crippen LogP contribution in [0.3, 0.4) is 0 Å². The number of nitrogens with zero attached hydrogens (tertiary/aromatic N) is 1. The first-order valence-corrected chi connectivity index (χ1v) is 14.9. The number of carbonyl (C=O) groups excluding carboxylic acids is 5. The van der Waals surface area contributed by atoms with Gasteiger partial charge in [0.15, 0.2) is 5.58 Å². The van der Waals surface area contributed by atoms with Crippen molar-refractivity contribution in [2.45, 2.75) is 84.3 Å². The number of aliphatic hydroxyl groups is 1. The van der Waals surface area contributed by atoms with Crippen LogP contribution in [0.25, 0.3) is 11.1 Å². The molecule has 1 aliphatic rings. The minimum absolute atomic E-state index is 0.0482. The van der Waals surface area contributed by atoms with E-state index in [2.05, 4.69) is 26.3 Å². The monoisotopic (exact) mass is 637 g/mol. The van der Waals surface area contributed by atoms with Crippen molar-refractivity contribution in [2.24, 2.45) is 5.92 Å². The highest BCUT2D eigenvalue weighted by molar-refractivity contribution is 5.94. The second-order valence-electron chi connectivity index (χ2n) is 11.9. The summed E-state index contributed by atoms with van der Waals surface area (Å²) >= 11 is 0. The Morgan fingerprint density at radius 3 is 2.22 bits per heavy atom. The third kappa shape index (κ3) is 7.45. The van der Waals surface area contributed by atoms with E-state index in [1.54, 1.807) is 32.9 Å². The normalized spacial score (nSPS) is 19.7. The van der Waals surface area contributed by atoms with Gasteiger partial charge in [-0.25, -0.2) is 4.98 Å². The highest BCUT2D eigenvalue weighted by atomic mass is 16.7. The van der Waals surface area contributed by atoms with Gasteiger partial charge >= 0.3 is 11.8 Å². The number of amides is 4. The molecular weight excluding hydrogens is 598 g/mol. The number of benzene rings is 2. The number of ether oxygens (including phenoxy) is 1. The van der Waals surface area contributed by atoms with Crippen molar-refractivity contribution in [1.29, 1.82) is 0 Å². The van der Waals surface area contributed by atoms with Crippen LogP contribution in [0, 0.1) is 19.8 Å². The lowest BCUT2D eigenvalue weighted by Gasteiger charge is -2.28. The number of hydrogen-bond acceptors (Lipinski definition) is 10. The number of rotatable bonds is 11. The molecule has 5 atom stereocenters. The van der Waals surface area contributed by atoms with E-state index in [-0.39, 0.29) is 24.5 Å². The van der Waals surface area contributed by atoms with Crippen LogP contribution < -0.4 is 21.3 Å². The van der Waals surface area contributed by atoms with Gasteiger partial charge in [-0.15, -0.1) is 0 Å². The molecule has 1 fully saturated rings. The molecule has 0 bridgehead atoms. The van der Waals surface area contributed by atoms with Gasteiger partial charge in [0, 0.05) is 13.3 Å². The summed E-state index contributed by atoms with van der Waals surface area (Å²) in [4.78, 5) is 68.2. The molecule has 246 valence electrons. The minimum Gasteiger partial charge on any atom is -0.508 e. The number of nitrogens with one attached hydrogen (secondary N) is 4. The maximum Gasteiger partial charge on any atom is 0.311 e. The molecule has 14 heteroatoms. The molecule has 4 amide bonds. The van der Waals surface area contributed by atoms with Gasteiger partial charge in [-0.2, -0.15) is 0 Å². The van der Waals surface area contributed by atoms with Crippen LogP contribution in [0.15, 0.2) is 40.8 Å². The molecule has 0 spiro atoms. The standard InChI is InChI=1S/C32H39N5O9/c1-15(2)25(36-29(42)22(34-19(6)38)13-20-9-11-21(39)12-10-20)30(43)33-18(5)28(41)35-23-14-24(40)46-32(23,44)31-37-26-16(3)7-8-17(4)27(26)45-31/h7-12,15,18,22-23,25,39,44H,13-14H2,1-6H3,(H,33,43)(H,34,38)(H,35,41)(H,36,42). The van der Waals surface area contributed by atoms with Crippen LogP contribution in [0.4, 0.5) is 0 Å². The number of aromatic hydroxyl groups is 1. The summed E-state index contributed by atoms with van der Waals surface area (Å²) in [6, 6.07) is 5.25. The van der Waals surface area contributed by atoms with Gasteiger partial charge in [-0.3, -0.25) is 24.0 Å². The predicted octanol–water partition coefficient (Wildman–Crippen LogP) is 1.12. The molecule has 2 aromatic carbocycles. The van der Waals surface area contributed by atoms with Crippen molar-refractivity contribution >= 4 is 40.7 Å². The summed E-state index contributed by atoms with van der Waals surface area (Å²) in [5.41, 5.74) is 3.07. The van der Waals surface area contributed by atoms with Gasteiger partial charge in [0.05, 0.1) is 6.42 Å². The summed E-state index contributed by atoms with van der Waals surface area (Å²) in [6.07, 6.45) is -0.281. The number of esters is 1. The van der Waals surface area contributed by atoms with Crippen molar-refractivity contribution in [2.75, 3.05) is 0 Å². The number of aromatic nitrogens is 1. The lowest BCUT2D eigenvalue weighted by molar-refractivity contribution is -0.210. The van der Waals surface area contributed by atoms with Gasteiger partial charge < -0.3 is 40.6 Å². The molecule has 4 rings (SSSR count). The Kier molecular flexibility index (Phi) is 10.00. The average Bonchev–Trinajstić information content (AvgIpc) is 3.56. The highest BCUT2D eigenvalue weighted by Crippen LogP contribution is 2.37. The lowest BCUT2D eigenvalue weighted by atomic mass is 10.0. The molecule has 1 saturated heterocycles. The third-order valence-electron chi connectivity index (χ3n) is 7.75. The van der Waals surface area contributed by atoms with Crippen LogP contribution in [0.5, 0.6) is 5.75 Å². The number of cyclic esters (lactones) is 1. The number of phenolic OH excluding ortho intramolecular Hbond substituents is 1. The van der Waals surface area contributed by atoms with Gasteiger partial charge in [-0.05, 0) is 55.5 Å². The van der Waals surface area contributed by atoms with E-state index in [4.69, 9.17) is 9.15 Å². The Bertz CT molecular complexity index is 1610. The predicted molar refractivity (Wildman–Crippen MR) is 164 cm³/mol. The first kappa shape index (κ1) is 33.9. The Hall–Kier alpha value is -4.98. The number of oxazole rings is 1. The van der Waals surface area contributed by atoms with Crippen LogP contribution in [-0.4, -0.2) is 69.0 Å². The molecule has 0 radical (unpaired) electrons. The molecule has 5 unspecified atom stereocenters. The summed E-state index contributed by atoms with van der Waals surface area (Å²) in [5.74, 6) is -6.32. The Morgan fingerprint density at radius 1 is 0.957 bits per heavy atom. The maximum absolute atomic E-state index is 13.3. The highest BCUT2D eigenvalue weighted by Gasteiger charge is 2.54. The maximum atomic E-state index is 13.3. The average molecular weight is 638 g/mol. The SMILES string of the molecule is CC(=O)NC(Cc1ccc(O)cc1)C(=O)NC(C(=O)NC(C)C(=O)NC1CC(=O)OC1(O)c1nc2c(C)ccc(C)c2o1)C(C)C. The van der Waals surface area contributed by atoms with E-state index in [9.17, 15) is 34.2 Å². The van der Waals surface area contributed by atoms with Crippen molar-refractivity contribution in [3.63, 3.8) is 0 Å². The molecule has 3 aromatic rings. The molecule has 1 aliphatic heterocycles. The van der Waals surface area contributed by atoms with Crippen molar-refractivity contribution < 1.29 is 43.3 Å². The van der Waals surface area contributed by atoms with Crippen molar-refractivity contribution in [3.8, 4) is 5.75 Å². The van der Waals surface area contributed by atoms with E-state index in [1.807, 2.05) is 19.1 Å². The number of carbonyl (C=O) groups is 5. The quantitative estimate of drug-likeness (QED) is 0.165. The van der Waals surface area contributed by atoms with E-state index in [0.29, 0.717) is 16.7 Å². The van der Waals surface area contributed by atoms with Gasteiger partial charge in [0.25, 0.3) is 5.89 Å². The molecule has 0 saturated carbocycles. The number of hydrogen-bond donors (Lipinski definition) is 6. The summed E-state index contributed by atoms with van der Waals surface area (Å²) in [7, 11) is 0. The first-order chi connectivity index (χ1) is 21.6. The molecule has 0 aliphatic carbocycles. The Labute approximate surface area is 265 Å². The molecular formula is C32H39N5O9. The topological polar surface area (TPSA) is 209 Å². The third-order valence-corrected chi connectivity index (χ3v) is 7.75. The van der Waals surface area contributed by atoms with Gasteiger partial charge in [0.1, 0.15) is 35.4 Å². The van der Waals surface area contributed by atoms with Gasteiger partial charge in [-0.1, -0.05) is 38.1 Å². The second-order valence-corrected chi connectivity index (χ2v) is 11.9. The molecule has 1 aromatic heterocycles. The zero-order valence-corrected chi connectivity index (χ0v) is 26.5. The number of fused-ring (bicyclic) bond motifs is 1. The van der Waals surface area contributed by atoms with Crippen LogP contribution in [-0.2, 0) is 40.9 Å². The second kappa shape index (κ2) is 13.6. The van der Waals surface area contributed by atoms with Crippen molar-refractivity contribution in [3.05, 3.63) is 59.0 Å². The number of phenols is 1. The van der Waals surface area contributed by atoms with E-state index >= 15 is 0 Å². The number of aryl methyl sites for hydroxylation is 2. The Balaban J connectivity index is 1.44. The van der Waals surface area contributed by atoms with E-state index < -0.39 is 65.5 Å². The van der Waals surface area contributed by atoms with Crippen LogP contribution >= 0.6 is 0 Å². The smallest absolute Gasteiger partial charge is 0.311 e. The fourth-order valence-electron chi connectivity index (χ4n) is 5.12. The van der Waals surface area contributed by atoms with E-state index in [1.165, 1.54) is 26.0 Å². The fourth-order valence-corrected chi connectivity index (χ4v) is 5.12. The largest absolute Gasteiger partial charge is 0.508 e. The summed E-state index contributed by atoms with van der Waals surface area (Å²) in [6.45, 7) is 9.68. The van der Waals surface area contributed by atoms with Crippen molar-refractivity contribution in [1.82, 2.24) is 26.3 Å².